The lowest BCUT2D eigenvalue weighted by molar-refractivity contribution is 0.00578. The van der Waals surface area contributed by atoms with Crippen LogP contribution in [0.5, 0.6) is 0 Å². The third-order valence-electron chi connectivity index (χ3n) is 5.25. The predicted molar refractivity (Wildman–Crippen MR) is 93.4 cm³/mol. The molecule has 1 unspecified atom stereocenters. The summed E-state index contributed by atoms with van der Waals surface area (Å²) in [5.41, 5.74) is -3.62. The molecule has 0 bridgehead atoms. The lowest BCUT2D eigenvalue weighted by Crippen LogP contribution is -2.41. The van der Waals surface area contributed by atoms with E-state index in [2.05, 4.69) is 0 Å². The monoisotopic (exact) mass is 361 g/mol. The molecule has 1 atom stereocenters. The van der Waals surface area contributed by atoms with Gasteiger partial charge in [-0.15, -0.1) is 0 Å². The molecule has 0 radical (unpaired) electrons. The zero-order valence-electron chi connectivity index (χ0n) is 15.1. The van der Waals surface area contributed by atoms with Gasteiger partial charge >= 0.3 is 7.12 Å². The van der Waals surface area contributed by atoms with E-state index in [0.717, 1.165) is 12.2 Å². The summed E-state index contributed by atoms with van der Waals surface area (Å²) in [6.45, 7) is 7.54. The standard InChI is InChI=1S/C19H19BF3NO2/c1-17(2)18(3,4)26-20(25-17)12-5-8-16(22)14(9-12)15-7-6-13(21)10-19(15,23)11-24/h5-9H,10H2,1-4H3. The molecule has 0 amide bonds. The Balaban J connectivity index is 2.04. The minimum Gasteiger partial charge on any atom is -0.399 e. The van der Waals surface area contributed by atoms with Crippen LogP contribution in [0.3, 0.4) is 0 Å². The molecule has 2 aliphatic rings. The maximum absolute atomic E-state index is 14.9. The van der Waals surface area contributed by atoms with Gasteiger partial charge in [0, 0.05) is 11.1 Å². The van der Waals surface area contributed by atoms with Crippen LogP contribution < -0.4 is 5.46 Å². The topological polar surface area (TPSA) is 42.2 Å². The van der Waals surface area contributed by atoms with Crippen molar-refractivity contribution in [1.82, 2.24) is 0 Å². The Morgan fingerprint density at radius 2 is 1.69 bits per heavy atom. The van der Waals surface area contributed by atoms with Crippen LogP contribution in [0.4, 0.5) is 13.2 Å². The summed E-state index contributed by atoms with van der Waals surface area (Å²) in [5, 5.41) is 9.18. The molecule has 3 nitrogen and oxygen atoms in total. The van der Waals surface area contributed by atoms with E-state index >= 15 is 0 Å². The zero-order valence-corrected chi connectivity index (χ0v) is 15.1. The molecule has 1 heterocycles. The van der Waals surface area contributed by atoms with Crippen molar-refractivity contribution in [2.45, 2.75) is 51.0 Å². The number of hydrogen-bond acceptors (Lipinski definition) is 3. The third-order valence-corrected chi connectivity index (χ3v) is 5.25. The highest BCUT2D eigenvalue weighted by molar-refractivity contribution is 6.62. The number of nitrogens with zero attached hydrogens (tertiary/aromatic N) is 1. The number of allylic oxidation sites excluding steroid dienone is 4. The first-order valence-corrected chi connectivity index (χ1v) is 8.31. The number of benzene rings is 1. The second-order valence-corrected chi connectivity index (χ2v) is 7.61. The van der Waals surface area contributed by atoms with Crippen molar-refractivity contribution in [3.63, 3.8) is 0 Å². The lowest BCUT2D eigenvalue weighted by Gasteiger charge is -2.32. The largest absolute Gasteiger partial charge is 0.494 e. The van der Waals surface area contributed by atoms with E-state index < -0.39 is 42.1 Å². The molecule has 0 aromatic heterocycles. The van der Waals surface area contributed by atoms with Gasteiger partial charge in [-0.2, -0.15) is 5.26 Å². The number of halogens is 3. The highest BCUT2D eigenvalue weighted by atomic mass is 19.2. The normalized spacial score (nSPS) is 26.9. The fourth-order valence-electron chi connectivity index (χ4n) is 2.97. The van der Waals surface area contributed by atoms with Crippen LogP contribution in [0.1, 0.15) is 39.7 Å². The number of hydrogen-bond donors (Lipinski definition) is 0. The van der Waals surface area contributed by atoms with E-state index in [0.29, 0.717) is 5.46 Å². The van der Waals surface area contributed by atoms with Crippen LogP contribution in [-0.4, -0.2) is 24.0 Å². The Morgan fingerprint density at radius 3 is 2.27 bits per heavy atom. The average molecular weight is 361 g/mol. The summed E-state index contributed by atoms with van der Waals surface area (Å²) < 4.78 is 54.6. The smallest absolute Gasteiger partial charge is 0.399 e. The van der Waals surface area contributed by atoms with Crippen molar-refractivity contribution in [3.05, 3.63) is 47.6 Å². The average Bonchev–Trinajstić information content (AvgIpc) is 2.76. The van der Waals surface area contributed by atoms with Gasteiger partial charge in [-0.25, -0.2) is 13.2 Å². The van der Waals surface area contributed by atoms with Crippen LogP contribution in [0, 0.1) is 17.1 Å². The Kier molecular flexibility index (Phi) is 4.33. The molecule has 3 rings (SSSR count). The molecule has 1 fully saturated rings. The Morgan fingerprint density at radius 1 is 1.08 bits per heavy atom. The highest BCUT2D eigenvalue weighted by Crippen LogP contribution is 2.41. The highest BCUT2D eigenvalue weighted by Gasteiger charge is 2.52. The van der Waals surface area contributed by atoms with Crippen LogP contribution in [0.2, 0.25) is 0 Å². The van der Waals surface area contributed by atoms with Gasteiger partial charge in [-0.3, -0.25) is 0 Å². The van der Waals surface area contributed by atoms with E-state index in [-0.39, 0.29) is 11.1 Å². The van der Waals surface area contributed by atoms with Gasteiger partial charge in [0.25, 0.3) is 0 Å². The minimum atomic E-state index is -2.63. The van der Waals surface area contributed by atoms with E-state index in [4.69, 9.17) is 9.31 Å². The summed E-state index contributed by atoms with van der Waals surface area (Å²) in [4.78, 5) is 0. The molecule has 0 spiro atoms. The second-order valence-electron chi connectivity index (χ2n) is 7.61. The van der Waals surface area contributed by atoms with E-state index in [1.807, 2.05) is 27.7 Å². The van der Waals surface area contributed by atoms with Crippen molar-refractivity contribution in [2.75, 3.05) is 0 Å². The number of nitriles is 1. The molecule has 1 aliphatic carbocycles. The lowest BCUT2D eigenvalue weighted by atomic mass is 9.76. The molecule has 7 heteroatoms. The molecule has 1 aromatic carbocycles. The fraction of sp³-hybridized carbons (Fsp3) is 0.421. The minimum absolute atomic E-state index is 0.106. The number of alkyl halides is 1. The van der Waals surface area contributed by atoms with Crippen LogP contribution >= 0.6 is 0 Å². The first-order chi connectivity index (χ1) is 12.0. The Labute approximate surface area is 151 Å². The van der Waals surface area contributed by atoms with Crippen LogP contribution in [-0.2, 0) is 9.31 Å². The van der Waals surface area contributed by atoms with Crippen molar-refractivity contribution in [2.24, 2.45) is 0 Å². The first-order valence-electron chi connectivity index (χ1n) is 8.31. The molecule has 1 aliphatic heterocycles. The summed E-state index contributed by atoms with van der Waals surface area (Å²) >= 11 is 0. The quantitative estimate of drug-likeness (QED) is 0.748. The zero-order chi connectivity index (χ0) is 19.3. The maximum Gasteiger partial charge on any atom is 0.494 e. The predicted octanol–water partition coefficient (Wildman–Crippen LogP) is 4.00. The van der Waals surface area contributed by atoms with Crippen LogP contribution in [0.15, 0.2) is 36.2 Å². The Bertz CT molecular complexity index is 841. The maximum atomic E-state index is 14.9. The van der Waals surface area contributed by atoms with Crippen molar-refractivity contribution in [3.8, 4) is 6.07 Å². The SMILES string of the molecule is CC1(C)OB(c2ccc(F)c(C3=CC=C(F)CC3(F)C#N)c2)OC1(C)C. The third kappa shape index (κ3) is 2.98. The van der Waals surface area contributed by atoms with Gasteiger partial charge in [0.15, 0.2) is 0 Å². The molecule has 0 N–H and O–H groups in total. The summed E-state index contributed by atoms with van der Waals surface area (Å²) in [6.07, 6.45) is 1.41. The van der Waals surface area contributed by atoms with Gasteiger partial charge in [-0.05, 0) is 45.3 Å². The fourth-order valence-corrected chi connectivity index (χ4v) is 2.97. The molecule has 26 heavy (non-hydrogen) atoms. The van der Waals surface area contributed by atoms with Crippen molar-refractivity contribution in [1.29, 1.82) is 5.26 Å². The number of rotatable bonds is 2. The van der Waals surface area contributed by atoms with Crippen molar-refractivity contribution >= 4 is 18.2 Å². The van der Waals surface area contributed by atoms with Crippen molar-refractivity contribution < 1.29 is 22.5 Å². The molecule has 0 saturated carbocycles. The van der Waals surface area contributed by atoms with Gasteiger partial charge in [0.05, 0.1) is 17.6 Å². The molecule has 1 aromatic rings. The molecule has 1 saturated heterocycles. The molecular weight excluding hydrogens is 342 g/mol. The van der Waals surface area contributed by atoms with E-state index in [1.54, 1.807) is 0 Å². The van der Waals surface area contributed by atoms with Gasteiger partial charge in [-0.1, -0.05) is 18.2 Å². The molecular formula is C19H19BF3NO2. The van der Waals surface area contributed by atoms with Crippen LogP contribution in [0.25, 0.3) is 5.57 Å². The van der Waals surface area contributed by atoms with Gasteiger partial charge < -0.3 is 9.31 Å². The summed E-state index contributed by atoms with van der Waals surface area (Å²) in [5.74, 6) is -1.47. The first kappa shape index (κ1) is 18.7. The second kappa shape index (κ2) is 6.00. The molecule has 136 valence electrons. The van der Waals surface area contributed by atoms with E-state index in [1.165, 1.54) is 24.3 Å². The van der Waals surface area contributed by atoms with Gasteiger partial charge in [0.2, 0.25) is 5.67 Å². The Hall–Kier alpha value is -2.04. The van der Waals surface area contributed by atoms with Gasteiger partial charge in [0.1, 0.15) is 17.7 Å². The van der Waals surface area contributed by atoms with E-state index in [9.17, 15) is 18.4 Å². The summed E-state index contributed by atoms with van der Waals surface area (Å²) in [7, 11) is -0.757. The summed E-state index contributed by atoms with van der Waals surface area (Å²) in [6, 6.07) is 5.51.